The van der Waals surface area contributed by atoms with Crippen LogP contribution in [-0.2, 0) is 4.74 Å². The Kier molecular flexibility index (Phi) is 3.64. The highest BCUT2D eigenvalue weighted by Gasteiger charge is 2.44. The van der Waals surface area contributed by atoms with E-state index in [0.29, 0.717) is 24.2 Å². The van der Waals surface area contributed by atoms with E-state index in [1.165, 1.54) is 50.8 Å². The molecule has 3 atom stereocenters. The SMILES string of the molecule is COc1ccccc1C1CCN([C@@H]2C[C@H]3CC[C@H]2O3)CC1. The summed E-state index contributed by atoms with van der Waals surface area (Å²) in [7, 11) is 1.78. The second-order valence-corrected chi connectivity index (χ2v) is 6.73. The Morgan fingerprint density at radius 1 is 1.10 bits per heavy atom. The average molecular weight is 287 g/mol. The van der Waals surface area contributed by atoms with E-state index in [2.05, 4.69) is 29.2 Å². The summed E-state index contributed by atoms with van der Waals surface area (Å²) in [5.74, 6) is 1.70. The summed E-state index contributed by atoms with van der Waals surface area (Å²) >= 11 is 0. The quantitative estimate of drug-likeness (QED) is 0.852. The number of likely N-dealkylation sites (tertiary alicyclic amines) is 1. The molecule has 0 aromatic heterocycles. The van der Waals surface area contributed by atoms with E-state index in [4.69, 9.17) is 9.47 Å². The normalized spacial score (nSPS) is 33.5. The zero-order valence-corrected chi connectivity index (χ0v) is 12.8. The third kappa shape index (κ3) is 2.47. The van der Waals surface area contributed by atoms with Gasteiger partial charge >= 0.3 is 0 Å². The molecule has 0 saturated carbocycles. The molecule has 3 heteroatoms. The van der Waals surface area contributed by atoms with E-state index >= 15 is 0 Å². The molecule has 0 amide bonds. The van der Waals surface area contributed by atoms with E-state index < -0.39 is 0 Å². The fraction of sp³-hybridized carbons (Fsp3) is 0.667. The lowest BCUT2D eigenvalue weighted by Gasteiger charge is -2.38. The predicted octanol–water partition coefficient (Wildman–Crippen LogP) is 3.19. The number of ether oxygens (including phenoxy) is 2. The molecule has 0 aliphatic carbocycles. The fourth-order valence-corrected chi connectivity index (χ4v) is 4.54. The van der Waals surface area contributed by atoms with Crippen LogP contribution in [0.15, 0.2) is 24.3 Å². The second-order valence-electron chi connectivity index (χ2n) is 6.73. The van der Waals surface area contributed by atoms with E-state index in [-0.39, 0.29) is 0 Å². The van der Waals surface area contributed by atoms with E-state index in [0.717, 1.165) is 5.75 Å². The third-order valence-corrected chi connectivity index (χ3v) is 5.65. The Bertz CT molecular complexity index is 496. The predicted molar refractivity (Wildman–Crippen MR) is 82.8 cm³/mol. The lowest BCUT2D eigenvalue weighted by molar-refractivity contribution is 0.0602. The van der Waals surface area contributed by atoms with Crippen LogP contribution < -0.4 is 4.74 Å². The number of nitrogens with zero attached hydrogens (tertiary/aromatic N) is 1. The molecule has 3 heterocycles. The van der Waals surface area contributed by atoms with Gasteiger partial charge < -0.3 is 9.47 Å². The second kappa shape index (κ2) is 5.62. The number of para-hydroxylation sites is 1. The van der Waals surface area contributed by atoms with Crippen LogP contribution in [0.3, 0.4) is 0 Å². The van der Waals surface area contributed by atoms with Gasteiger partial charge in [0.25, 0.3) is 0 Å². The first-order valence-corrected chi connectivity index (χ1v) is 8.37. The molecule has 3 aliphatic rings. The van der Waals surface area contributed by atoms with Crippen molar-refractivity contribution in [1.82, 2.24) is 4.90 Å². The van der Waals surface area contributed by atoms with Crippen LogP contribution in [-0.4, -0.2) is 43.3 Å². The number of rotatable bonds is 3. The number of piperidine rings is 1. The van der Waals surface area contributed by atoms with Crippen LogP contribution in [0.1, 0.15) is 43.6 Å². The standard InChI is InChI=1S/C18H25NO2/c1-20-17-5-3-2-4-15(17)13-8-10-19(11-9-13)16-12-14-6-7-18(16)21-14/h2-5,13-14,16,18H,6-12H2,1H3/t14-,16-,18-/m1/s1. The monoisotopic (exact) mass is 287 g/mol. The molecule has 3 saturated heterocycles. The van der Waals surface area contributed by atoms with Gasteiger partial charge in [0.2, 0.25) is 0 Å². The Labute approximate surface area is 127 Å². The summed E-state index contributed by atoms with van der Waals surface area (Å²) < 4.78 is 11.6. The van der Waals surface area contributed by atoms with Crippen molar-refractivity contribution in [3.05, 3.63) is 29.8 Å². The van der Waals surface area contributed by atoms with Gasteiger partial charge in [0.05, 0.1) is 19.3 Å². The molecule has 0 N–H and O–H groups in total. The largest absolute Gasteiger partial charge is 0.496 e. The molecular weight excluding hydrogens is 262 g/mol. The van der Waals surface area contributed by atoms with Crippen LogP contribution in [0.2, 0.25) is 0 Å². The minimum absolute atomic E-state index is 0.526. The van der Waals surface area contributed by atoms with Gasteiger partial charge in [-0.3, -0.25) is 4.90 Å². The molecule has 4 rings (SSSR count). The van der Waals surface area contributed by atoms with Gasteiger partial charge in [-0.25, -0.2) is 0 Å². The first-order valence-electron chi connectivity index (χ1n) is 8.37. The van der Waals surface area contributed by atoms with Gasteiger partial charge in [-0.15, -0.1) is 0 Å². The van der Waals surface area contributed by atoms with Gasteiger partial charge in [0.15, 0.2) is 0 Å². The van der Waals surface area contributed by atoms with Crippen LogP contribution in [0.4, 0.5) is 0 Å². The molecule has 1 aromatic carbocycles. The molecule has 2 bridgehead atoms. The molecule has 1 aromatic rings. The Balaban J connectivity index is 1.40. The topological polar surface area (TPSA) is 21.7 Å². The summed E-state index contributed by atoms with van der Waals surface area (Å²) in [6.07, 6.45) is 7.41. The zero-order chi connectivity index (χ0) is 14.2. The van der Waals surface area contributed by atoms with Gasteiger partial charge in [0.1, 0.15) is 5.75 Å². The maximum atomic E-state index is 6.02. The van der Waals surface area contributed by atoms with Crippen molar-refractivity contribution in [2.45, 2.75) is 56.3 Å². The van der Waals surface area contributed by atoms with Gasteiger partial charge in [-0.05, 0) is 62.7 Å². The maximum absolute atomic E-state index is 6.02. The van der Waals surface area contributed by atoms with E-state index in [1.807, 2.05) is 0 Å². The summed E-state index contributed by atoms with van der Waals surface area (Å²) in [4.78, 5) is 2.69. The smallest absolute Gasteiger partial charge is 0.122 e. The molecule has 0 unspecified atom stereocenters. The molecule has 0 spiro atoms. The lowest BCUT2D eigenvalue weighted by atomic mass is 9.86. The van der Waals surface area contributed by atoms with E-state index in [1.54, 1.807) is 7.11 Å². The average Bonchev–Trinajstić information content (AvgIpc) is 3.18. The van der Waals surface area contributed by atoms with Crippen LogP contribution in [0, 0.1) is 0 Å². The molecule has 114 valence electrons. The summed E-state index contributed by atoms with van der Waals surface area (Å²) in [6, 6.07) is 9.21. The fourth-order valence-electron chi connectivity index (χ4n) is 4.54. The van der Waals surface area contributed by atoms with Crippen molar-refractivity contribution in [3.8, 4) is 5.75 Å². The van der Waals surface area contributed by atoms with Crippen molar-refractivity contribution in [2.75, 3.05) is 20.2 Å². The number of methoxy groups -OCH3 is 1. The van der Waals surface area contributed by atoms with Crippen molar-refractivity contribution >= 4 is 0 Å². The highest BCUT2D eigenvalue weighted by Crippen LogP contribution is 2.40. The van der Waals surface area contributed by atoms with Crippen molar-refractivity contribution < 1.29 is 9.47 Å². The summed E-state index contributed by atoms with van der Waals surface area (Å²) in [5.41, 5.74) is 1.39. The molecule has 0 radical (unpaired) electrons. The van der Waals surface area contributed by atoms with Gasteiger partial charge in [-0.1, -0.05) is 18.2 Å². The number of hydrogen-bond acceptors (Lipinski definition) is 3. The van der Waals surface area contributed by atoms with Crippen LogP contribution in [0.5, 0.6) is 5.75 Å². The molecule has 3 fully saturated rings. The van der Waals surface area contributed by atoms with Crippen molar-refractivity contribution in [3.63, 3.8) is 0 Å². The highest BCUT2D eigenvalue weighted by atomic mass is 16.5. The Morgan fingerprint density at radius 2 is 1.90 bits per heavy atom. The minimum Gasteiger partial charge on any atom is -0.496 e. The molecule has 3 aliphatic heterocycles. The van der Waals surface area contributed by atoms with Crippen molar-refractivity contribution in [1.29, 1.82) is 0 Å². The van der Waals surface area contributed by atoms with Gasteiger partial charge in [0, 0.05) is 6.04 Å². The Hall–Kier alpha value is -1.06. The number of hydrogen-bond donors (Lipinski definition) is 0. The lowest BCUT2D eigenvalue weighted by Crippen LogP contribution is -2.45. The zero-order valence-electron chi connectivity index (χ0n) is 12.8. The maximum Gasteiger partial charge on any atom is 0.122 e. The van der Waals surface area contributed by atoms with Crippen LogP contribution >= 0.6 is 0 Å². The molecular formula is C18H25NO2. The first kappa shape index (κ1) is 13.6. The minimum atomic E-state index is 0.526. The Morgan fingerprint density at radius 3 is 2.57 bits per heavy atom. The number of fused-ring (bicyclic) bond motifs is 2. The summed E-state index contributed by atoms with van der Waals surface area (Å²) in [5, 5.41) is 0. The summed E-state index contributed by atoms with van der Waals surface area (Å²) in [6.45, 7) is 2.42. The van der Waals surface area contributed by atoms with Crippen molar-refractivity contribution in [2.24, 2.45) is 0 Å². The molecule has 21 heavy (non-hydrogen) atoms. The highest BCUT2D eigenvalue weighted by molar-refractivity contribution is 5.36. The molecule has 3 nitrogen and oxygen atoms in total. The number of benzene rings is 1. The van der Waals surface area contributed by atoms with Crippen LogP contribution in [0.25, 0.3) is 0 Å². The first-order chi connectivity index (χ1) is 10.3. The van der Waals surface area contributed by atoms with E-state index in [9.17, 15) is 0 Å². The van der Waals surface area contributed by atoms with Gasteiger partial charge in [-0.2, -0.15) is 0 Å². The third-order valence-electron chi connectivity index (χ3n) is 5.65.